The van der Waals surface area contributed by atoms with Gasteiger partial charge in [-0.15, -0.1) is 35.4 Å². The van der Waals surface area contributed by atoms with Gasteiger partial charge in [-0.2, -0.15) is 0 Å². The van der Waals surface area contributed by atoms with E-state index in [1.54, 1.807) is 0 Å². The Labute approximate surface area is 280 Å². The largest absolute Gasteiger partial charge is 0.512 e. The van der Waals surface area contributed by atoms with Gasteiger partial charge in [-0.3, -0.25) is 9.78 Å². The zero-order chi connectivity index (χ0) is 32.4. The van der Waals surface area contributed by atoms with Crippen molar-refractivity contribution in [1.29, 1.82) is 0 Å². The van der Waals surface area contributed by atoms with E-state index in [4.69, 9.17) is 4.98 Å². The van der Waals surface area contributed by atoms with Gasteiger partial charge in [0.05, 0.1) is 13.6 Å². The number of aliphatic hydroxyl groups is 1. The van der Waals surface area contributed by atoms with E-state index in [0.29, 0.717) is 0 Å². The van der Waals surface area contributed by atoms with Gasteiger partial charge in [-0.05, 0) is 28.3 Å². The molecule has 0 spiro atoms. The molecule has 0 fully saturated rings. The minimum Gasteiger partial charge on any atom is -0.512 e. The topological polar surface area (TPSA) is 50.2 Å². The molecule has 0 bridgehead atoms. The Morgan fingerprint density at radius 3 is 1.95 bits per heavy atom. The molecular formula is C39H50IrNO2Si-. The molecule has 1 aromatic heterocycles. The average molecular weight is 785 g/mol. The fourth-order valence-electron chi connectivity index (χ4n) is 4.47. The normalized spacial score (nSPS) is 12.7. The van der Waals surface area contributed by atoms with E-state index < -0.39 is 13.5 Å². The second kappa shape index (κ2) is 14.1. The molecule has 44 heavy (non-hydrogen) atoms. The molecule has 4 aromatic rings. The third kappa shape index (κ3) is 9.57. The summed E-state index contributed by atoms with van der Waals surface area (Å²) >= 11 is 0. The number of fused-ring (bicyclic) bond motifs is 1. The molecule has 4 rings (SSSR count). The van der Waals surface area contributed by atoms with Gasteiger partial charge in [0.1, 0.15) is 5.76 Å². The summed E-state index contributed by atoms with van der Waals surface area (Å²) in [4.78, 5) is 16.7. The Kier molecular flexibility index (Phi) is 11.9. The van der Waals surface area contributed by atoms with Crippen molar-refractivity contribution in [3.05, 3.63) is 96.3 Å². The molecular weight excluding hydrogens is 735 g/mol. The van der Waals surface area contributed by atoms with Crippen LogP contribution >= 0.6 is 0 Å². The summed E-state index contributed by atoms with van der Waals surface area (Å²) in [5.74, 6) is 0.104. The van der Waals surface area contributed by atoms with E-state index in [-0.39, 0.29) is 42.5 Å². The molecule has 3 nitrogen and oxygen atoms in total. The number of aromatic nitrogens is 1. The quantitative estimate of drug-likeness (QED) is 0.0971. The van der Waals surface area contributed by atoms with Crippen LogP contribution in [0.4, 0.5) is 0 Å². The Bertz CT molecular complexity index is 1610. The first-order chi connectivity index (χ1) is 19.7. The van der Waals surface area contributed by atoms with Crippen LogP contribution in [0.25, 0.3) is 33.3 Å². The van der Waals surface area contributed by atoms with Gasteiger partial charge in [0.15, 0.2) is 5.78 Å². The van der Waals surface area contributed by atoms with Crippen LogP contribution in [0.1, 0.15) is 67.9 Å². The summed E-state index contributed by atoms with van der Waals surface area (Å²) in [6.07, 6.45) is 1.33. The van der Waals surface area contributed by atoms with Crippen LogP contribution in [-0.2, 0) is 30.3 Å². The molecule has 3 aromatic carbocycles. The fraction of sp³-hybridized carbons (Fsp3) is 0.385. The summed E-state index contributed by atoms with van der Waals surface area (Å²) in [6.45, 7) is 25.1. The summed E-state index contributed by atoms with van der Waals surface area (Å²) in [5, 5.41) is 12.2. The molecule has 1 heterocycles. The first-order valence-electron chi connectivity index (χ1n) is 15.2. The van der Waals surface area contributed by atoms with E-state index in [9.17, 15) is 9.90 Å². The van der Waals surface area contributed by atoms with Gasteiger partial charge >= 0.3 is 0 Å². The third-order valence-electron chi connectivity index (χ3n) is 7.45. The number of hydrogen-bond donors (Lipinski definition) is 1. The minimum atomic E-state index is -1.65. The Morgan fingerprint density at radius 2 is 1.43 bits per heavy atom. The van der Waals surface area contributed by atoms with Crippen molar-refractivity contribution in [2.24, 2.45) is 10.8 Å². The van der Waals surface area contributed by atoms with E-state index in [2.05, 4.69) is 119 Å². The number of rotatable bonds is 4. The molecule has 0 unspecified atom stereocenters. The predicted molar refractivity (Wildman–Crippen MR) is 188 cm³/mol. The van der Waals surface area contributed by atoms with Crippen molar-refractivity contribution in [3.63, 3.8) is 0 Å². The maximum atomic E-state index is 11.5. The van der Waals surface area contributed by atoms with Gasteiger partial charge < -0.3 is 5.11 Å². The van der Waals surface area contributed by atoms with Gasteiger partial charge in [0.25, 0.3) is 0 Å². The zero-order valence-electron chi connectivity index (χ0n) is 28.6. The van der Waals surface area contributed by atoms with Crippen LogP contribution in [0.5, 0.6) is 0 Å². The monoisotopic (exact) mass is 785 g/mol. The SMILES string of the molecule is CC(C)(C)C(=O)/C=C(\O)C(C)(C)C.CC(C)(C)c1cc[c-]c(-c2nc3cccc(-c4ccccc4)c3cc2[Si](C)(C)C)c1.[Ir]. The standard InChI is InChI=1S/C28H30NSi.C11H20O2.Ir/c1-28(2,3)22-15-10-14-21(18-22)27-26(30(4,5)6)19-24-23(16-11-17-25(24)29-27)20-12-8-7-9-13-20;1-10(2,3)8(12)7-9(13)11(4,5)6;/h7-13,15-19H,1-6H3;7,12H,1-6H3;/q-1;;/b;8-7-;. The predicted octanol–water partition coefficient (Wildman–Crippen LogP) is 10.3. The van der Waals surface area contributed by atoms with Crippen LogP contribution in [0.2, 0.25) is 19.6 Å². The molecule has 0 saturated carbocycles. The van der Waals surface area contributed by atoms with Gasteiger partial charge in [-0.25, -0.2) is 0 Å². The van der Waals surface area contributed by atoms with Crippen molar-refractivity contribution in [3.8, 4) is 22.4 Å². The van der Waals surface area contributed by atoms with Gasteiger partial charge in [0.2, 0.25) is 0 Å². The van der Waals surface area contributed by atoms with Crippen molar-refractivity contribution in [1.82, 2.24) is 4.98 Å². The van der Waals surface area contributed by atoms with Crippen LogP contribution in [0.3, 0.4) is 0 Å². The summed E-state index contributed by atoms with van der Waals surface area (Å²) in [5.41, 5.74) is 6.38. The second-order valence-corrected chi connectivity index (χ2v) is 20.5. The number of ketones is 1. The van der Waals surface area contributed by atoms with E-state index in [0.717, 1.165) is 16.8 Å². The number of pyridine rings is 1. The van der Waals surface area contributed by atoms with Gasteiger partial charge in [0, 0.05) is 42.4 Å². The summed E-state index contributed by atoms with van der Waals surface area (Å²) in [6, 6.07) is 29.5. The van der Waals surface area contributed by atoms with Crippen molar-refractivity contribution >= 4 is 29.9 Å². The minimum absolute atomic E-state index is 0. The Morgan fingerprint density at radius 1 is 0.818 bits per heavy atom. The summed E-state index contributed by atoms with van der Waals surface area (Å²) < 4.78 is 0. The van der Waals surface area contributed by atoms with Crippen LogP contribution in [0, 0.1) is 16.9 Å². The van der Waals surface area contributed by atoms with Crippen molar-refractivity contribution < 1.29 is 30.0 Å². The molecule has 0 aliphatic rings. The maximum absolute atomic E-state index is 11.5. The molecule has 5 heteroatoms. The fourth-order valence-corrected chi connectivity index (χ4v) is 5.95. The van der Waals surface area contributed by atoms with Crippen LogP contribution in [-0.4, -0.2) is 23.9 Å². The first kappa shape index (κ1) is 37.3. The Balaban J connectivity index is 0.000000412. The van der Waals surface area contributed by atoms with Crippen molar-refractivity contribution in [2.45, 2.75) is 87.4 Å². The molecule has 0 amide bonds. The third-order valence-corrected chi connectivity index (χ3v) is 9.45. The average Bonchev–Trinajstić information content (AvgIpc) is 2.91. The molecule has 1 radical (unpaired) electrons. The number of carbonyl (C=O) groups excluding carboxylic acids is 1. The van der Waals surface area contributed by atoms with E-state index >= 15 is 0 Å². The number of nitrogens with zero attached hydrogens (tertiary/aromatic N) is 1. The molecule has 1 N–H and O–H groups in total. The number of carbonyl (C=O) groups is 1. The number of benzene rings is 3. The molecule has 0 aliphatic heterocycles. The van der Waals surface area contributed by atoms with Crippen molar-refractivity contribution in [2.75, 3.05) is 0 Å². The van der Waals surface area contributed by atoms with Crippen LogP contribution in [0.15, 0.2) is 84.6 Å². The zero-order valence-corrected chi connectivity index (χ0v) is 32.0. The molecule has 0 saturated heterocycles. The Hall–Kier alpha value is -2.85. The smallest absolute Gasteiger partial charge is 0.164 e. The number of aliphatic hydroxyl groups excluding tert-OH is 1. The molecule has 0 atom stereocenters. The maximum Gasteiger partial charge on any atom is 0.164 e. The second-order valence-electron chi connectivity index (χ2n) is 15.5. The van der Waals surface area contributed by atoms with E-state index in [1.165, 1.54) is 33.3 Å². The summed E-state index contributed by atoms with van der Waals surface area (Å²) in [7, 11) is -1.65. The molecule has 237 valence electrons. The van der Waals surface area contributed by atoms with E-state index in [1.807, 2.05) is 41.5 Å². The van der Waals surface area contributed by atoms with Gasteiger partial charge in [-0.1, -0.05) is 136 Å². The number of allylic oxidation sites excluding steroid dienone is 2. The molecule has 0 aliphatic carbocycles. The number of hydrogen-bond acceptors (Lipinski definition) is 3. The van der Waals surface area contributed by atoms with Crippen LogP contribution < -0.4 is 5.19 Å². The first-order valence-corrected chi connectivity index (χ1v) is 18.7.